The molecule has 0 radical (unpaired) electrons. The highest BCUT2D eigenvalue weighted by Gasteiger charge is 2.36. The summed E-state index contributed by atoms with van der Waals surface area (Å²) < 4.78 is 1.85. The number of fused-ring (bicyclic) bond motifs is 1. The predicted octanol–water partition coefficient (Wildman–Crippen LogP) is 3.38. The van der Waals surface area contributed by atoms with Gasteiger partial charge in [0, 0.05) is 7.05 Å². The summed E-state index contributed by atoms with van der Waals surface area (Å²) in [5.41, 5.74) is 3.42. The Balaban J connectivity index is 1.98. The third-order valence-electron chi connectivity index (χ3n) is 4.19. The first kappa shape index (κ1) is 14.3. The molecule has 21 heavy (non-hydrogen) atoms. The van der Waals surface area contributed by atoms with Crippen molar-refractivity contribution in [2.24, 2.45) is 7.05 Å². The van der Waals surface area contributed by atoms with E-state index in [2.05, 4.69) is 64.5 Å². The lowest BCUT2D eigenvalue weighted by atomic mass is 9.86. The van der Waals surface area contributed by atoms with E-state index in [1.807, 2.05) is 0 Å². The van der Waals surface area contributed by atoms with Crippen LogP contribution in [0, 0.1) is 0 Å². The molecule has 0 saturated carbocycles. The van der Waals surface area contributed by atoms with Gasteiger partial charge >= 0.3 is 0 Å². The van der Waals surface area contributed by atoms with E-state index in [-0.39, 0.29) is 17.0 Å². The van der Waals surface area contributed by atoms with Crippen molar-refractivity contribution < 1.29 is 0 Å². The highest BCUT2D eigenvalue weighted by molar-refractivity contribution is 9.10. The Morgan fingerprint density at radius 3 is 2.86 bits per heavy atom. The van der Waals surface area contributed by atoms with Gasteiger partial charge in [0.25, 0.3) is 5.56 Å². The normalized spacial score (nSPS) is 19.3. The van der Waals surface area contributed by atoms with Crippen LogP contribution in [0.1, 0.15) is 37.4 Å². The second-order valence-corrected chi connectivity index (χ2v) is 6.97. The second-order valence-electron chi connectivity index (χ2n) is 6.17. The van der Waals surface area contributed by atoms with Crippen LogP contribution < -0.4 is 10.9 Å². The van der Waals surface area contributed by atoms with Crippen LogP contribution in [-0.2, 0) is 12.5 Å². The lowest BCUT2D eigenvalue weighted by Crippen LogP contribution is -2.22. The fraction of sp³-hybridized carbons (Fsp3) is 0.375. The molecular weight excluding hydrogens is 330 g/mol. The number of aromatic nitrogens is 2. The molecule has 3 rings (SSSR count). The number of halogens is 1. The van der Waals surface area contributed by atoms with Gasteiger partial charge in [-0.1, -0.05) is 38.1 Å². The molecule has 1 aromatic carbocycles. The molecule has 0 saturated heterocycles. The standard InChI is InChI=1S/C16H18BrN3O/c1-16(2)8-12(10-6-4-5-7-11(10)16)19-13-9-18-20(3)15(21)14(13)17/h4-7,9,12,19H,8H2,1-3H3. The van der Waals surface area contributed by atoms with Gasteiger partial charge in [-0.2, -0.15) is 5.10 Å². The summed E-state index contributed by atoms with van der Waals surface area (Å²) in [5, 5.41) is 7.55. The molecule has 110 valence electrons. The van der Waals surface area contributed by atoms with Crippen LogP contribution in [0.3, 0.4) is 0 Å². The Hall–Kier alpha value is -1.62. The highest BCUT2D eigenvalue weighted by Crippen LogP contribution is 2.45. The van der Waals surface area contributed by atoms with Crippen molar-refractivity contribution in [1.82, 2.24) is 9.78 Å². The van der Waals surface area contributed by atoms with Gasteiger partial charge in [-0.05, 0) is 38.9 Å². The van der Waals surface area contributed by atoms with Gasteiger partial charge in [0.1, 0.15) is 4.47 Å². The average Bonchev–Trinajstić information content (AvgIpc) is 2.72. The molecule has 0 fully saturated rings. The molecule has 1 unspecified atom stereocenters. The van der Waals surface area contributed by atoms with E-state index in [0.29, 0.717) is 4.47 Å². The van der Waals surface area contributed by atoms with Crippen LogP contribution in [0.5, 0.6) is 0 Å². The molecular formula is C16H18BrN3O. The van der Waals surface area contributed by atoms with Crippen LogP contribution in [0.25, 0.3) is 0 Å². The summed E-state index contributed by atoms with van der Waals surface area (Å²) in [4.78, 5) is 11.9. The van der Waals surface area contributed by atoms with Crippen LogP contribution in [0.2, 0.25) is 0 Å². The number of nitrogens with one attached hydrogen (secondary N) is 1. The van der Waals surface area contributed by atoms with Crippen LogP contribution in [0.15, 0.2) is 39.7 Å². The van der Waals surface area contributed by atoms with Gasteiger partial charge in [-0.3, -0.25) is 4.79 Å². The molecule has 2 aromatic rings. The van der Waals surface area contributed by atoms with Crippen molar-refractivity contribution in [2.75, 3.05) is 5.32 Å². The maximum atomic E-state index is 11.9. The topological polar surface area (TPSA) is 46.9 Å². The summed E-state index contributed by atoms with van der Waals surface area (Å²) in [6.07, 6.45) is 2.69. The highest BCUT2D eigenvalue weighted by atomic mass is 79.9. The third kappa shape index (κ3) is 2.39. The first-order valence-corrected chi connectivity index (χ1v) is 7.77. The van der Waals surface area contributed by atoms with Gasteiger partial charge in [-0.15, -0.1) is 0 Å². The predicted molar refractivity (Wildman–Crippen MR) is 87.6 cm³/mol. The van der Waals surface area contributed by atoms with Crippen molar-refractivity contribution in [3.63, 3.8) is 0 Å². The summed E-state index contributed by atoms with van der Waals surface area (Å²) in [7, 11) is 1.64. The zero-order valence-electron chi connectivity index (χ0n) is 12.4. The Bertz CT molecular complexity index is 751. The van der Waals surface area contributed by atoms with Gasteiger partial charge in [0.15, 0.2) is 0 Å². The Labute approximate surface area is 132 Å². The van der Waals surface area contributed by atoms with Crippen molar-refractivity contribution in [1.29, 1.82) is 0 Å². The largest absolute Gasteiger partial charge is 0.376 e. The van der Waals surface area contributed by atoms with Crippen molar-refractivity contribution in [3.8, 4) is 0 Å². The van der Waals surface area contributed by atoms with E-state index < -0.39 is 0 Å². The van der Waals surface area contributed by atoms with Crippen molar-refractivity contribution >= 4 is 21.6 Å². The minimum Gasteiger partial charge on any atom is -0.376 e. The number of aryl methyl sites for hydroxylation is 1. The van der Waals surface area contributed by atoms with E-state index in [1.54, 1.807) is 13.2 Å². The molecule has 0 amide bonds. The molecule has 1 aromatic heterocycles. The average molecular weight is 348 g/mol. The number of benzene rings is 1. The quantitative estimate of drug-likeness (QED) is 0.905. The van der Waals surface area contributed by atoms with E-state index in [1.165, 1.54) is 15.8 Å². The smallest absolute Gasteiger partial charge is 0.282 e. The monoisotopic (exact) mass is 347 g/mol. The summed E-state index contributed by atoms with van der Waals surface area (Å²) in [5.74, 6) is 0. The van der Waals surface area contributed by atoms with Gasteiger partial charge in [0.2, 0.25) is 0 Å². The van der Waals surface area contributed by atoms with Gasteiger partial charge < -0.3 is 5.32 Å². The maximum Gasteiger partial charge on any atom is 0.282 e. The van der Waals surface area contributed by atoms with E-state index in [4.69, 9.17) is 0 Å². The minimum absolute atomic E-state index is 0.133. The first-order valence-electron chi connectivity index (χ1n) is 6.98. The summed E-state index contributed by atoms with van der Waals surface area (Å²) in [6, 6.07) is 8.69. The van der Waals surface area contributed by atoms with E-state index >= 15 is 0 Å². The maximum absolute atomic E-state index is 11.9. The van der Waals surface area contributed by atoms with E-state index in [0.717, 1.165) is 12.1 Å². The number of anilines is 1. The Kier molecular flexibility index (Phi) is 3.40. The molecule has 0 spiro atoms. The van der Waals surface area contributed by atoms with Gasteiger partial charge in [0.05, 0.1) is 17.9 Å². The molecule has 1 aliphatic carbocycles. The zero-order valence-corrected chi connectivity index (χ0v) is 13.9. The summed E-state index contributed by atoms with van der Waals surface area (Å²) in [6.45, 7) is 4.51. The first-order chi connectivity index (χ1) is 9.90. The second kappa shape index (κ2) is 4.98. The number of nitrogens with zero attached hydrogens (tertiary/aromatic N) is 2. The van der Waals surface area contributed by atoms with Crippen LogP contribution in [0.4, 0.5) is 5.69 Å². The van der Waals surface area contributed by atoms with Gasteiger partial charge in [-0.25, -0.2) is 4.68 Å². The fourth-order valence-corrected chi connectivity index (χ4v) is 3.55. The zero-order chi connectivity index (χ0) is 15.2. The molecule has 5 heteroatoms. The fourth-order valence-electron chi connectivity index (χ4n) is 3.08. The summed E-state index contributed by atoms with van der Waals surface area (Å²) >= 11 is 3.37. The SMILES string of the molecule is Cn1ncc(NC2CC(C)(C)c3ccccc32)c(Br)c1=O. The van der Waals surface area contributed by atoms with E-state index in [9.17, 15) is 4.79 Å². The Morgan fingerprint density at radius 2 is 2.10 bits per heavy atom. The third-order valence-corrected chi connectivity index (χ3v) is 4.95. The van der Waals surface area contributed by atoms with Crippen LogP contribution >= 0.6 is 15.9 Å². The van der Waals surface area contributed by atoms with Crippen molar-refractivity contribution in [3.05, 3.63) is 56.4 Å². The molecule has 1 heterocycles. The Morgan fingerprint density at radius 1 is 1.38 bits per heavy atom. The number of hydrogen-bond donors (Lipinski definition) is 1. The molecule has 0 aliphatic heterocycles. The van der Waals surface area contributed by atoms with Crippen LogP contribution in [-0.4, -0.2) is 9.78 Å². The molecule has 1 aliphatic rings. The van der Waals surface area contributed by atoms with Crippen molar-refractivity contribution in [2.45, 2.75) is 31.7 Å². The number of hydrogen-bond acceptors (Lipinski definition) is 3. The lowest BCUT2D eigenvalue weighted by Gasteiger charge is -2.20. The number of rotatable bonds is 2. The molecule has 4 nitrogen and oxygen atoms in total. The molecule has 0 bridgehead atoms. The molecule has 1 N–H and O–H groups in total. The molecule has 1 atom stereocenters. The minimum atomic E-state index is -0.134. The lowest BCUT2D eigenvalue weighted by molar-refractivity contribution is 0.493.